The molecule has 0 saturated heterocycles. The SMILES string of the molecule is CC(=O)OCC(=O)C1=CCC2C3CCC4=CC(=O)C=C[C@]4(C)C3[C@@H](O)C[C@]12C. The Morgan fingerprint density at radius 1 is 1.32 bits per heavy atom. The lowest BCUT2D eigenvalue weighted by Crippen LogP contribution is -2.55. The van der Waals surface area contributed by atoms with Crippen molar-refractivity contribution in [3.8, 4) is 0 Å². The molecule has 28 heavy (non-hydrogen) atoms. The minimum Gasteiger partial charge on any atom is -0.457 e. The van der Waals surface area contributed by atoms with Crippen LogP contribution in [0.4, 0.5) is 0 Å². The Bertz CT molecular complexity index is 834. The van der Waals surface area contributed by atoms with Gasteiger partial charge in [-0.05, 0) is 49.7 Å². The van der Waals surface area contributed by atoms with Gasteiger partial charge in [0.05, 0.1) is 6.10 Å². The van der Waals surface area contributed by atoms with Crippen molar-refractivity contribution in [3.63, 3.8) is 0 Å². The van der Waals surface area contributed by atoms with Crippen LogP contribution in [0.2, 0.25) is 0 Å². The van der Waals surface area contributed by atoms with Crippen molar-refractivity contribution >= 4 is 17.5 Å². The zero-order valence-electron chi connectivity index (χ0n) is 16.7. The van der Waals surface area contributed by atoms with Crippen LogP contribution in [-0.2, 0) is 19.1 Å². The van der Waals surface area contributed by atoms with Crippen molar-refractivity contribution in [2.24, 2.45) is 28.6 Å². The van der Waals surface area contributed by atoms with E-state index in [1.165, 1.54) is 6.92 Å². The summed E-state index contributed by atoms with van der Waals surface area (Å²) in [5.41, 5.74) is 1.13. The van der Waals surface area contributed by atoms with E-state index >= 15 is 0 Å². The minimum atomic E-state index is -0.555. The topological polar surface area (TPSA) is 80.7 Å². The molecule has 0 aliphatic heterocycles. The first kappa shape index (κ1) is 19.3. The van der Waals surface area contributed by atoms with E-state index in [1.807, 2.05) is 12.2 Å². The molecule has 4 rings (SSSR count). The molecule has 150 valence electrons. The maximum absolute atomic E-state index is 12.7. The number of fused-ring (bicyclic) bond motifs is 5. The molecule has 0 aromatic heterocycles. The molecule has 5 heteroatoms. The highest BCUT2D eigenvalue weighted by Gasteiger charge is 2.60. The van der Waals surface area contributed by atoms with Gasteiger partial charge in [0.15, 0.2) is 18.2 Å². The molecule has 2 saturated carbocycles. The second-order valence-corrected chi connectivity index (χ2v) is 9.27. The van der Waals surface area contributed by atoms with Gasteiger partial charge in [0.1, 0.15) is 0 Å². The zero-order valence-corrected chi connectivity index (χ0v) is 16.7. The first-order valence-electron chi connectivity index (χ1n) is 10.2. The van der Waals surface area contributed by atoms with Gasteiger partial charge in [0.25, 0.3) is 0 Å². The fourth-order valence-corrected chi connectivity index (χ4v) is 6.57. The molecule has 0 radical (unpaired) electrons. The van der Waals surface area contributed by atoms with E-state index in [1.54, 1.807) is 12.2 Å². The highest BCUT2D eigenvalue weighted by Crippen LogP contribution is 2.64. The van der Waals surface area contributed by atoms with E-state index in [-0.39, 0.29) is 41.3 Å². The maximum Gasteiger partial charge on any atom is 0.303 e. The number of ketones is 2. The molecule has 0 spiro atoms. The van der Waals surface area contributed by atoms with Crippen molar-refractivity contribution < 1.29 is 24.2 Å². The fourth-order valence-electron chi connectivity index (χ4n) is 6.57. The number of hydrogen-bond donors (Lipinski definition) is 1. The zero-order chi connectivity index (χ0) is 20.3. The van der Waals surface area contributed by atoms with Crippen LogP contribution in [0.5, 0.6) is 0 Å². The smallest absolute Gasteiger partial charge is 0.303 e. The van der Waals surface area contributed by atoms with E-state index < -0.39 is 17.5 Å². The van der Waals surface area contributed by atoms with Crippen LogP contribution >= 0.6 is 0 Å². The Morgan fingerprint density at radius 3 is 2.79 bits per heavy atom. The van der Waals surface area contributed by atoms with Gasteiger partial charge in [-0.15, -0.1) is 0 Å². The van der Waals surface area contributed by atoms with E-state index in [9.17, 15) is 19.5 Å². The summed E-state index contributed by atoms with van der Waals surface area (Å²) in [6.07, 6.45) is 9.91. The van der Waals surface area contributed by atoms with Crippen LogP contribution in [0, 0.1) is 28.6 Å². The van der Waals surface area contributed by atoms with Crippen molar-refractivity contribution in [1.29, 1.82) is 0 Å². The van der Waals surface area contributed by atoms with Gasteiger partial charge in [-0.2, -0.15) is 0 Å². The first-order valence-corrected chi connectivity index (χ1v) is 10.2. The van der Waals surface area contributed by atoms with Crippen molar-refractivity contribution in [1.82, 2.24) is 0 Å². The standard InChI is InChI=1S/C23H28O5/c1-13(24)28-12-20(27)18-7-6-17-16-5-4-14-10-15(25)8-9-22(14,2)21(16)19(26)11-23(17,18)3/h7-10,16-17,19,21,26H,4-6,11-12H2,1-3H3/t16?,17?,19-,21?,22-,23-/m0/s1. The summed E-state index contributed by atoms with van der Waals surface area (Å²) in [6.45, 7) is 5.28. The summed E-state index contributed by atoms with van der Waals surface area (Å²) >= 11 is 0. The van der Waals surface area contributed by atoms with Gasteiger partial charge in [0.2, 0.25) is 0 Å². The van der Waals surface area contributed by atoms with Gasteiger partial charge in [-0.1, -0.05) is 31.6 Å². The number of aliphatic hydroxyl groups is 1. The third-order valence-corrected chi connectivity index (χ3v) is 7.78. The number of esters is 1. The average molecular weight is 384 g/mol. The monoisotopic (exact) mass is 384 g/mol. The minimum absolute atomic E-state index is 0.0296. The summed E-state index contributed by atoms with van der Waals surface area (Å²) < 4.78 is 4.93. The van der Waals surface area contributed by atoms with Gasteiger partial charge in [-0.3, -0.25) is 14.4 Å². The normalized spacial score (nSPS) is 41.4. The molecule has 6 atom stereocenters. The lowest BCUT2D eigenvalue weighted by atomic mass is 9.47. The molecule has 4 aliphatic carbocycles. The molecule has 0 aromatic carbocycles. The highest BCUT2D eigenvalue weighted by molar-refractivity contribution is 6.01. The van der Waals surface area contributed by atoms with Crippen LogP contribution in [0.15, 0.2) is 35.5 Å². The van der Waals surface area contributed by atoms with Crippen LogP contribution < -0.4 is 0 Å². The molecule has 4 aliphatic rings. The van der Waals surface area contributed by atoms with E-state index in [0.29, 0.717) is 12.0 Å². The summed E-state index contributed by atoms with van der Waals surface area (Å²) in [6, 6.07) is 0. The lowest BCUT2D eigenvalue weighted by Gasteiger charge is -2.58. The highest BCUT2D eigenvalue weighted by atomic mass is 16.5. The Hall–Kier alpha value is -2.01. The van der Waals surface area contributed by atoms with E-state index in [4.69, 9.17) is 4.74 Å². The Labute approximate surface area is 165 Å². The molecular formula is C23H28O5. The van der Waals surface area contributed by atoms with E-state index in [2.05, 4.69) is 13.8 Å². The van der Waals surface area contributed by atoms with Crippen molar-refractivity contribution in [2.45, 2.75) is 52.6 Å². The molecule has 2 fully saturated rings. The second kappa shape index (κ2) is 6.51. The van der Waals surface area contributed by atoms with Crippen molar-refractivity contribution in [3.05, 3.63) is 35.5 Å². The van der Waals surface area contributed by atoms with Gasteiger partial charge in [-0.25, -0.2) is 0 Å². The molecule has 3 unspecified atom stereocenters. The Kier molecular flexibility index (Phi) is 4.49. The van der Waals surface area contributed by atoms with Gasteiger partial charge >= 0.3 is 5.97 Å². The maximum atomic E-state index is 12.7. The molecule has 0 amide bonds. The van der Waals surface area contributed by atoms with Crippen molar-refractivity contribution in [2.75, 3.05) is 6.61 Å². The predicted octanol–water partition coefficient (Wildman–Crippen LogP) is 2.93. The third-order valence-electron chi connectivity index (χ3n) is 7.78. The van der Waals surface area contributed by atoms with Gasteiger partial charge < -0.3 is 9.84 Å². The fraction of sp³-hybridized carbons (Fsp3) is 0.609. The number of aliphatic hydroxyl groups excluding tert-OH is 1. The summed E-state index contributed by atoms with van der Waals surface area (Å²) in [5.74, 6) is 0.0194. The summed E-state index contributed by atoms with van der Waals surface area (Å²) in [4.78, 5) is 35.7. The van der Waals surface area contributed by atoms with Crippen LogP contribution in [0.3, 0.4) is 0 Å². The number of carbonyl (C=O) groups is 3. The van der Waals surface area contributed by atoms with Crippen LogP contribution in [-0.4, -0.2) is 35.4 Å². The molecule has 5 nitrogen and oxygen atoms in total. The average Bonchev–Trinajstić information content (AvgIpc) is 2.96. The summed E-state index contributed by atoms with van der Waals surface area (Å²) in [5, 5.41) is 11.2. The Balaban J connectivity index is 1.63. The molecule has 0 heterocycles. The van der Waals surface area contributed by atoms with E-state index in [0.717, 1.165) is 24.8 Å². The molecule has 0 aromatic rings. The largest absolute Gasteiger partial charge is 0.457 e. The molecule has 0 bridgehead atoms. The van der Waals surface area contributed by atoms with Gasteiger partial charge in [0, 0.05) is 29.2 Å². The quantitative estimate of drug-likeness (QED) is 0.757. The number of Topliss-reactive ketones (excluding diaryl/α,β-unsaturated/α-hetero) is 1. The number of rotatable bonds is 3. The third kappa shape index (κ3) is 2.74. The number of hydrogen-bond acceptors (Lipinski definition) is 5. The summed E-state index contributed by atoms with van der Waals surface area (Å²) in [7, 11) is 0. The second-order valence-electron chi connectivity index (χ2n) is 9.27. The van der Waals surface area contributed by atoms with Crippen LogP contribution in [0.25, 0.3) is 0 Å². The molecular weight excluding hydrogens is 356 g/mol. The number of carbonyl (C=O) groups excluding carboxylic acids is 3. The van der Waals surface area contributed by atoms with Crippen LogP contribution in [0.1, 0.15) is 46.5 Å². The lowest BCUT2D eigenvalue weighted by molar-refractivity contribution is -0.145. The number of allylic oxidation sites excluding steroid dienone is 5. The molecule has 1 N–H and O–H groups in total. The Morgan fingerprint density at radius 2 is 2.07 bits per heavy atom. The number of ether oxygens (including phenoxy) is 1. The first-order chi connectivity index (χ1) is 13.2. The predicted molar refractivity (Wildman–Crippen MR) is 103 cm³/mol.